The number of carbonyl (C=O) groups excluding carboxylic acids is 2. The van der Waals surface area contributed by atoms with E-state index in [2.05, 4.69) is 0 Å². The predicted molar refractivity (Wildman–Crippen MR) is 72.5 cm³/mol. The van der Waals surface area contributed by atoms with Crippen molar-refractivity contribution >= 4 is 11.8 Å². The highest BCUT2D eigenvalue weighted by atomic mass is 16.6. The molecule has 7 atom stereocenters. The molecule has 0 spiro atoms. The summed E-state index contributed by atoms with van der Waals surface area (Å²) in [5.41, 5.74) is -7.18. The molecule has 0 unspecified atom stereocenters. The van der Waals surface area contributed by atoms with E-state index < -0.39 is 58.5 Å². The molecule has 0 aromatic heterocycles. The van der Waals surface area contributed by atoms with Gasteiger partial charge in [0.2, 0.25) is 0 Å². The minimum Gasteiger partial charge on any atom is -0.463 e. The molecule has 124 valence electrons. The number of esters is 1. The summed E-state index contributed by atoms with van der Waals surface area (Å²) in [4.78, 5) is 24.6. The van der Waals surface area contributed by atoms with Crippen molar-refractivity contribution in [3.8, 4) is 0 Å². The van der Waals surface area contributed by atoms with Gasteiger partial charge < -0.3 is 25.2 Å². The Labute approximate surface area is 127 Å². The highest BCUT2D eigenvalue weighted by Crippen LogP contribution is 2.68. The van der Waals surface area contributed by atoms with Crippen LogP contribution in [0.1, 0.15) is 33.6 Å². The molecule has 2 bridgehead atoms. The molecule has 0 radical (unpaired) electrons. The van der Waals surface area contributed by atoms with Crippen LogP contribution in [0.5, 0.6) is 0 Å². The van der Waals surface area contributed by atoms with Gasteiger partial charge >= 0.3 is 5.97 Å². The zero-order chi connectivity index (χ0) is 16.7. The van der Waals surface area contributed by atoms with Crippen LogP contribution >= 0.6 is 0 Å². The minimum atomic E-state index is -2.01. The number of hydrogen-bond donors (Lipinski definition) is 4. The van der Waals surface area contributed by atoms with Crippen molar-refractivity contribution in [3.63, 3.8) is 0 Å². The molecule has 0 amide bonds. The third kappa shape index (κ3) is 1.29. The normalized spacial score (nSPS) is 58.0. The first-order valence-electron chi connectivity index (χ1n) is 7.47. The molecule has 1 heterocycles. The van der Waals surface area contributed by atoms with Gasteiger partial charge in [0, 0.05) is 11.8 Å². The van der Waals surface area contributed by atoms with E-state index in [9.17, 15) is 30.0 Å². The zero-order valence-corrected chi connectivity index (χ0v) is 12.9. The molecule has 2 saturated carbocycles. The molecule has 0 aromatic carbocycles. The average molecular weight is 314 g/mol. The first-order valence-corrected chi connectivity index (χ1v) is 7.47. The topological polar surface area (TPSA) is 124 Å². The van der Waals surface area contributed by atoms with Crippen LogP contribution in [0, 0.1) is 16.7 Å². The third-order valence-electron chi connectivity index (χ3n) is 6.77. The Bertz CT molecular complexity index is 558. The second-order valence-electron chi connectivity index (χ2n) is 7.47. The van der Waals surface area contributed by atoms with Gasteiger partial charge in [-0.25, -0.2) is 4.79 Å². The average Bonchev–Trinajstić information content (AvgIpc) is 2.61. The fourth-order valence-electron chi connectivity index (χ4n) is 5.04. The second kappa shape index (κ2) is 4.08. The molecule has 4 N–H and O–H groups in total. The maximum Gasteiger partial charge on any atom is 0.335 e. The lowest BCUT2D eigenvalue weighted by molar-refractivity contribution is -0.282. The molecule has 7 heteroatoms. The molecular weight excluding hydrogens is 292 g/mol. The SMILES string of the molecule is C[C@@H]1C[C@@H](O)[C@@]2(O)[C@@]13CC(=O)[C@](C)(O)[C@@]2(C)COC(=O)[C@@H]3O. The highest BCUT2D eigenvalue weighted by molar-refractivity contribution is 5.92. The maximum absolute atomic E-state index is 12.6. The third-order valence-corrected chi connectivity index (χ3v) is 6.77. The molecule has 2 aliphatic carbocycles. The van der Waals surface area contributed by atoms with E-state index in [1.54, 1.807) is 6.92 Å². The maximum atomic E-state index is 12.6. The molecule has 22 heavy (non-hydrogen) atoms. The van der Waals surface area contributed by atoms with Crippen molar-refractivity contribution in [2.45, 2.75) is 57.0 Å². The number of aliphatic hydroxyl groups excluding tert-OH is 2. The number of aliphatic hydroxyl groups is 4. The number of ketones is 1. The predicted octanol–water partition coefficient (Wildman–Crippen LogP) is -1.25. The number of cyclic esters (lactones) is 1. The first-order chi connectivity index (χ1) is 9.96. The Hall–Kier alpha value is -1.02. The van der Waals surface area contributed by atoms with E-state index in [1.165, 1.54) is 13.8 Å². The number of carbonyl (C=O) groups is 2. The summed E-state index contributed by atoms with van der Waals surface area (Å²) in [7, 11) is 0. The van der Waals surface area contributed by atoms with Crippen LogP contribution in [-0.2, 0) is 14.3 Å². The van der Waals surface area contributed by atoms with E-state index in [1.807, 2.05) is 0 Å². The smallest absolute Gasteiger partial charge is 0.335 e. The molecule has 3 aliphatic rings. The van der Waals surface area contributed by atoms with E-state index in [0.717, 1.165) is 0 Å². The lowest BCUT2D eigenvalue weighted by atomic mass is 9.45. The lowest BCUT2D eigenvalue weighted by Crippen LogP contribution is -2.77. The Morgan fingerprint density at radius 1 is 1.18 bits per heavy atom. The minimum absolute atomic E-state index is 0.125. The Balaban J connectivity index is 2.37. The zero-order valence-electron chi connectivity index (χ0n) is 12.9. The Kier molecular flexibility index (Phi) is 2.94. The van der Waals surface area contributed by atoms with Gasteiger partial charge in [-0.1, -0.05) is 13.8 Å². The molecule has 3 rings (SSSR count). The summed E-state index contributed by atoms with van der Waals surface area (Å²) in [6, 6.07) is 0. The van der Waals surface area contributed by atoms with Crippen LogP contribution in [0.4, 0.5) is 0 Å². The molecule has 0 aromatic rings. The summed E-state index contributed by atoms with van der Waals surface area (Å²) in [6.45, 7) is 3.91. The summed E-state index contributed by atoms with van der Waals surface area (Å²) in [6.07, 6.45) is -3.27. The monoisotopic (exact) mass is 314 g/mol. The van der Waals surface area contributed by atoms with Gasteiger partial charge in [0.05, 0.1) is 11.5 Å². The van der Waals surface area contributed by atoms with Crippen LogP contribution in [0.3, 0.4) is 0 Å². The van der Waals surface area contributed by atoms with Crippen molar-refractivity contribution in [1.82, 2.24) is 0 Å². The summed E-state index contributed by atoms with van der Waals surface area (Å²) < 4.78 is 5.04. The van der Waals surface area contributed by atoms with Crippen molar-refractivity contribution in [1.29, 1.82) is 0 Å². The van der Waals surface area contributed by atoms with Gasteiger partial charge in [-0.15, -0.1) is 0 Å². The van der Waals surface area contributed by atoms with Gasteiger partial charge in [0.25, 0.3) is 0 Å². The summed E-state index contributed by atoms with van der Waals surface area (Å²) in [5.74, 6) is -2.00. The quantitative estimate of drug-likeness (QED) is 0.412. The number of hydrogen-bond acceptors (Lipinski definition) is 7. The summed E-state index contributed by atoms with van der Waals surface area (Å²) in [5, 5.41) is 43.2. The Morgan fingerprint density at radius 3 is 2.36 bits per heavy atom. The first kappa shape index (κ1) is 15.9. The number of rotatable bonds is 0. The van der Waals surface area contributed by atoms with Crippen LogP contribution < -0.4 is 0 Å². The molecule has 1 aliphatic heterocycles. The highest BCUT2D eigenvalue weighted by Gasteiger charge is 2.82. The van der Waals surface area contributed by atoms with Gasteiger partial charge in [-0.2, -0.15) is 0 Å². The van der Waals surface area contributed by atoms with Gasteiger partial charge in [-0.05, 0) is 19.3 Å². The Morgan fingerprint density at radius 2 is 1.77 bits per heavy atom. The van der Waals surface area contributed by atoms with E-state index >= 15 is 0 Å². The molecular formula is C15H22O7. The largest absolute Gasteiger partial charge is 0.463 e. The van der Waals surface area contributed by atoms with Crippen molar-refractivity contribution < 1.29 is 34.8 Å². The molecule has 3 fully saturated rings. The fraction of sp³-hybridized carbons (Fsp3) is 0.867. The van der Waals surface area contributed by atoms with E-state index in [0.29, 0.717) is 0 Å². The standard InChI is InChI=1S/C15H22O7/c1-7-4-8(16)15(21)12(2)6-22-11(19)10(18)14(7,15)5-9(17)13(12,3)20/h7-8,10,16,18,20-21H,4-6H2,1-3H3/t7-,8-,10+,12-,13+,14+,15+/m1/s1. The molecule has 7 nitrogen and oxygen atoms in total. The van der Waals surface area contributed by atoms with E-state index in [4.69, 9.17) is 4.74 Å². The van der Waals surface area contributed by atoms with Crippen LogP contribution in [-0.4, -0.2) is 62.2 Å². The van der Waals surface area contributed by atoms with Gasteiger partial charge in [-0.3, -0.25) is 4.79 Å². The van der Waals surface area contributed by atoms with Gasteiger partial charge in [0.15, 0.2) is 11.9 Å². The van der Waals surface area contributed by atoms with Crippen LogP contribution in [0.2, 0.25) is 0 Å². The fourth-order valence-corrected chi connectivity index (χ4v) is 5.04. The van der Waals surface area contributed by atoms with Crippen molar-refractivity contribution in [3.05, 3.63) is 0 Å². The summed E-state index contributed by atoms with van der Waals surface area (Å²) >= 11 is 0. The van der Waals surface area contributed by atoms with E-state index in [-0.39, 0.29) is 12.8 Å². The van der Waals surface area contributed by atoms with Crippen LogP contribution in [0.15, 0.2) is 0 Å². The number of Topliss-reactive ketones (excluding diaryl/α,β-unsaturated/α-hetero) is 1. The van der Waals surface area contributed by atoms with Gasteiger partial charge in [0.1, 0.15) is 17.8 Å². The van der Waals surface area contributed by atoms with Crippen molar-refractivity contribution in [2.75, 3.05) is 6.61 Å². The van der Waals surface area contributed by atoms with Crippen LogP contribution in [0.25, 0.3) is 0 Å². The van der Waals surface area contributed by atoms with Crippen molar-refractivity contribution in [2.24, 2.45) is 16.7 Å². The molecule has 1 saturated heterocycles. The number of ether oxygens (including phenoxy) is 1. The lowest BCUT2D eigenvalue weighted by Gasteiger charge is -2.61. The second-order valence-corrected chi connectivity index (χ2v) is 7.47.